The van der Waals surface area contributed by atoms with Crippen molar-refractivity contribution in [2.45, 2.75) is 32.7 Å². The maximum absolute atomic E-state index is 12.1. The molecule has 0 saturated carbocycles. The van der Waals surface area contributed by atoms with Gasteiger partial charge in [-0.15, -0.1) is 0 Å². The van der Waals surface area contributed by atoms with Crippen LogP contribution in [0.25, 0.3) is 0 Å². The summed E-state index contributed by atoms with van der Waals surface area (Å²) in [7, 11) is 0. The molecule has 0 unspecified atom stereocenters. The van der Waals surface area contributed by atoms with Crippen LogP contribution in [0.2, 0.25) is 0 Å². The number of hydrogen-bond acceptors (Lipinski definition) is 3. The van der Waals surface area contributed by atoms with Gasteiger partial charge in [0.25, 0.3) is 0 Å². The smallest absolute Gasteiger partial charge is 0.323 e. The molecule has 0 spiro atoms. The van der Waals surface area contributed by atoms with Crippen molar-refractivity contribution in [3.05, 3.63) is 35.9 Å². The van der Waals surface area contributed by atoms with E-state index in [1.54, 1.807) is 0 Å². The van der Waals surface area contributed by atoms with Crippen molar-refractivity contribution in [1.29, 1.82) is 0 Å². The molecule has 1 aromatic rings. The molecule has 22 heavy (non-hydrogen) atoms. The highest BCUT2D eigenvalue weighted by Crippen LogP contribution is 2.07. The molecule has 1 rings (SSSR count). The third kappa shape index (κ3) is 6.88. The number of carboxylic acid groups (broad SMARTS) is 1. The van der Waals surface area contributed by atoms with Crippen molar-refractivity contribution in [3.63, 3.8) is 0 Å². The lowest BCUT2D eigenvalue weighted by Crippen LogP contribution is -2.36. The Morgan fingerprint density at radius 3 is 2.41 bits per heavy atom. The van der Waals surface area contributed by atoms with E-state index in [4.69, 9.17) is 5.11 Å². The molecule has 0 aliphatic rings. The van der Waals surface area contributed by atoms with Gasteiger partial charge in [0.15, 0.2) is 0 Å². The Balaban J connectivity index is 2.57. The van der Waals surface area contributed by atoms with Gasteiger partial charge in [0, 0.05) is 25.9 Å². The van der Waals surface area contributed by atoms with Gasteiger partial charge in [-0.3, -0.25) is 14.4 Å². The second-order valence-electron chi connectivity index (χ2n) is 4.98. The van der Waals surface area contributed by atoms with Gasteiger partial charge in [0.2, 0.25) is 11.8 Å². The van der Waals surface area contributed by atoms with E-state index in [0.717, 1.165) is 12.0 Å². The number of carbonyl (C=O) groups is 3. The number of nitrogens with zero attached hydrogens (tertiary/aromatic N) is 1. The number of rotatable bonds is 9. The van der Waals surface area contributed by atoms with E-state index in [1.807, 2.05) is 37.3 Å². The van der Waals surface area contributed by atoms with Gasteiger partial charge < -0.3 is 15.3 Å². The minimum atomic E-state index is -1.07. The van der Waals surface area contributed by atoms with Crippen LogP contribution in [-0.4, -0.2) is 40.9 Å². The third-order valence-electron chi connectivity index (χ3n) is 3.03. The van der Waals surface area contributed by atoms with Crippen LogP contribution in [0.4, 0.5) is 0 Å². The predicted molar refractivity (Wildman–Crippen MR) is 82.0 cm³/mol. The number of carboxylic acids is 1. The normalized spacial score (nSPS) is 10.0. The molecule has 0 aliphatic heterocycles. The summed E-state index contributed by atoms with van der Waals surface area (Å²) >= 11 is 0. The Bertz CT molecular complexity index is 502. The predicted octanol–water partition coefficient (Wildman–Crippen LogP) is 1.41. The zero-order valence-corrected chi connectivity index (χ0v) is 12.7. The highest BCUT2D eigenvalue weighted by molar-refractivity contribution is 5.85. The first-order valence-electron chi connectivity index (χ1n) is 7.33. The van der Waals surface area contributed by atoms with Crippen LogP contribution in [0, 0.1) is 0 Å². The number of hydrogen-bond donors (Lipinski definition) is 2. The van der Waals surface area contributed by atoms with Crippen molar-refractivity contribution in [1.82, 2.24) is 10.2 Å². The molecule has 0 bridgehead atoms. The molecule has 0 fully saturated rings. The van der Waals surface area contributed by atoms with E-state index in [9.17, 15) is 14.4 Å². The largest absolute Gasteiger partial charge is 0.480 e. The van der Waals surface area contributed by atoms with E-state index in [-0.39, 0.29) is 37.7 Å². The van der Waals surface area contributed by atoms with Gasteiger partial charge in [-0.2, -0.15) is 0 Å². The third-order valence-corrected chi connectivity index (χ3v) is 3.03. The molecule has 2 amide bonds. The molecule has 0 aromatic heterocycles. The van der Waals surface area contributed by atoms with E-state index < -0.39 is 5.97 Å². The Labute approximate surface area is 130 Å². The maximum atomic E-state index is 12.1. The van der Waals surface area contributed by atoms with Gasteiger partial charge in [-0.25, -0.2) is 0 Å². The molecule has 120 valence electrons. The van der Waals surface area contributed by atoms with Crippen LogP contribution >= 0.6 is 0 Å². The number of aliphatic carboxylic acids is 1. The molecule has 0 aliphatic carbocycles. The Hall–Kier alpha value is -2.37. The summed E-state index contributed by atoms with van der Waals surface area (Å²) in [6, 6.07) is 9.17. The van der Waals surface area contributed by atoms with Crippen LogP contribution in [0.3, 0.4) is 0 Å². The second-order valence-corrected chi connectivity index (χ2v) is 4.98. The summed E-state index contributed by atoms with van der Waals surface area (Å²) in [6.45, 7) is 2.38. The standard InChI is InChI=1S/C16H22N2O4/c1-2-10-17-14(19)8-9-15(20)18(12-16(21)22)11-13-6-4-3-5-7-13/h3-7H,2,8-12H2,1H3,(H,17,19)(H,21,22). The van der Waals surface area contributed by atoms with Crippen molar-refractivity contribution in [2.75, 3.05) is 13.1 Å². The van der Waals surface area contributed by atoms with Gasteiger partial charge >= 0.3 is 5.97 Å². The van der Waals surface area contributed by atoms with Gasteiger partial charge in [-0.1, -0.05) is 37.3 Å². The fourth-order valence-corrected chi connectivity index (χ4v) is 1.93. The second kappa shape index (κ2) is 9.55. The topological polar surface area (TPSA) is 86.7 Å². The monoisotopic (exact) mass is 306 g/mol. The molecular formula is C16H22N2O4. The van der Waals surface area contributed by atoms with E-state index in [0.29, 0.717) is 6.54 Å². The molecule has 1 aromatic carbocycles. The molecular weight excluding hydrogens is 284 g/mol. The molecule has 0 heterocycles. The first-order valence-corrected chi connectivity index (χ1v) is 7.33. The zero-order chi connectivity index (χ0) is 16.4. The summed E-state index contributed by atoms with van der Waals surface area (Å²) in [6.07, 6.45) is 0.915. The van der Waals surface area contributed by atoms with E-state index in [1.165, 1.54) is 4.90 Å². The zero-order valence-electron chi connectivity index (χ0n) is 12.7. The average molecular weight is 306 g/mol. The number of amides is 2. The summed E-state index contributed by atoms with van der Waals surface area (Å²) in [5.41, 5.74) is 0.854. The number of nitrogens with one attached hydrogen (secondary N) is 1. The van der Waals surface area contributed by atoms with Crippen LogP contribution in [0.5, 0.6) is 0 Å². The highest BCUT2D eigenvalue weighted by Gasteiger charge is 2.18. The minimum absolute atomic E-state index is 0.00958. The van der Waals surface area contributed by atoms with Gasteiger partial charge in [-0.05, 0) is 12.0 Å². The first-order chi connectivity index (χ1) is 10.5. The number of benzene rings is 1. The fraction of sp³-hybridized carbons (Fsp3) is 0.438. The Morgan fingerprint density at radius 2 is 1.82 bits per heavy atom. The highest BCUT2D eigenvalue weighted by atomic mass is 16.4. The SMILES string of the molecule is CCCNC(=O)CCC(=O)N(CC(=O)O)Cc1ccccc1. The fourth-order valence-electron chi connectivity index (χ4n) is 1.93. The van der Waals surface area contributed by atoms with Crippen molar-refractivity contribution >= 4 is 17.8 Å². The maximum Gasteiger partial charge on any atom is 0.323 e. The number of carbonyl (C=O) groups excluding carboxylic acids is 2. The summed E-state index contributed by atoms with van der Waals surface area (Å²) in [5, 5.41) is 11.6. The molecule has 0 atom stereocenters. The lowest BCUT2D eigenvalue weighted by molar-refractivity contribution is -0.145. The Morgan fingerprint density at radius 1 is 1.14 bits per heavy atom. The quantitative estimate of drug-likeness (QED) is 0.722. The first kappa shape index (κ1) is 17.7. The van der Waals surface area contributed by atoms with Crippen LogP contribution < -0.4 is 5.32 Å². The Kier molecular flexibility index (Phi) is 7.67. The minimum Gasteiger partial charge on any atom is -0.480 e. The van der Waals surface area contributed by atoms with E-state index in [2.05, 4.69) is 5.32 Å². The van der Waals surface area contributed by atoms with Crippen LogP contribution in [0.1, 0.15) is 31.7 Å². The van der Waals surface area contributed by atoms with E-state index >= 15 is 0 Å². The molecule has 2 N–H and O–H groups in total. The lowest BCUT2D eigenvalue weighted by atomic mass is 10.2. The summed E-state index contributed by atoms with van der Waals surface area (Å²) in [4.78, 5) is 35.8. The van der Waals surface area contributed by atoms with Crippen LogP contribution in [0.15, 0.2) is 30.3 Å². The summed E-state index contributed by atoms with van der Waals surface area (Å²) in [5.74, 6) is -1.59. The average Bonchev–Trinajstić information content (AvgIpc) is 2.50. The van der Waals surface area contributed by atoms with Crippen molar-refractivity contribution < 1.29 is 19.5 Å². The molecule has 6 heteroatoms. The lowest BCUT2D eigenvalue weighted by Gasteiger charge is -2.20. The molecule has 6 nitrogen and oxygen atoms in total. The van der Waals surface area contributed by atoms with Crippen LogP contribution in [-0.2, 0) is 20.9 Å². The van der Waals surface area contributed by atoms with Gasteiger partial charge in [0.05, 0.1) is 0 Å². The molecule has 0 saturated heterocycles. The van der Waals surface area contributed by atoms with Crippen molar-refractivity contribution in [3.8, 4) is 0 Å². The summed E-state index contributed by atoms with van der Waals surface area (Å²) < 4.78 is 0. The van der Waals surface area contributed by atoms with Gasteiger partial charge in [0.1, 0.15) is 6.54 Å². The van der Waals surface area contributed by atoms with Crippen molar-refractivity contribution in [2.24, 2.45) is 0 Å². The molecule has 0 radical (unpaired) electrons.